The Labute approximate surface area is 126 Å². The Hall–Kier alpha value is -1.48. The number of ether oxygens (including phenoxy) is 2. The molecule has 0 atom stereocenters. The SMILES string of the molecule is COCCOCc1nnc(S(=O)(=O)Cl)n1-c1ccccc1. The molecular formula is C12H14ClN3O4S. The summed E-state index contributed by atoms with van der Waals surface area (Å²) in [6, 6.07) is 8.82. The van der Waals surface area contributed by atoms with Gasteiger partial charge in [0.1, 0.15) is 6.61 Å². The van der Waals surface area contributed by atoms with Gasteiger partial charge in [0.2, 0.25) is 0 Å². The van der Waals surface area contributed by atoms with E-state index in [1.165, 1.54) is 4.57 Å². The molecule has 0 spiro atoms. The van der Waals surface area contributed by atoms with E-state index in [0.29, 0.717) is 24.7 Å². The Kier molecular flexibility index (Phi) is 5.29. The number of nitrogens with zero attached hydrogens (tertiary/aromatic N) is 3. The Bertz CT molecular complexity index is 688. The standard InChI is InChI=1S/C12H14ClN3O4S/c1-19-7-8-20-9-11-14-15-12(21(13,17)18)16(11)10-5-3-2-4-6-10/h2-6H,7-9H2,1H3. The van der Waals surface area contributed by atoms with Crippen LogP contribution in [0.15, 0.2) is 35.5 Å². The average molecular weight is 332 g/mol. The number of hydrogen-bond acceptors (Lipinski definition) is 6. The molecular weight excluding hydrogens is 318 g/mol. The molecule has 2 rings (SSSR count). The normalized spacial score (nSPS) is 11.7. The molecule has 0 saturated heterocycles. The lowest BCUT2D eigenvalue weighted by molar-refractivity contribution is 0.0578. The van der Waals surface area contributed by atoms with E-state index in [9.17, 15) is 8.42 Å². The van der Waals surface area contributed by atoms with Gasteiger partial charge >= 0.3 is 0 Å². The number of aromatic nitrogens is 3. The van der Waals surface area contributed by atoms with Crippen LogP contribution in [0.2, 0.25) is 0 Å². The Morgan fingerprint density at radius 1 is 1.19 bits per heavy atom. The molecule has 0 N–H and O–H groups in total. The van der Waals surface area contributed by atoms with Gasteiger partial charge in [-0.25, -0.2) is 8.42 Å². The van der Waals surface area contributed by atoms with E-state index in [2.05, 4.69) is 10.2 Å². The third-order valence-corrected chi connectivity index (χ3v) is 3.71. The third kappa shape index (κ3) is 4.01. The van der Waals surface area contributed by atoms with Gasteiger partial charge in [-0.05, 0) is 12.1 Å². The maximum absolute atomic E-state index is 11.6. The van der Waals surface area contributed by atoms with E-state index in [4.69, 9.17) is 20.2 Å². The molecule has 1 heterocycles. The second kappa shape index (κ2) is 6.99. The minimum absolute atomic E-state index is 0.0949. The Balaban J connectivity index is 2.36. The van der Waals surface area contributed by atoms with Gasteiger partial charge in [0.25, 0.3) is 14.2 Å². The number of methoxy groups -OCH3 is 1. The summed E-state index contributed by atoms with van der Waals surface area (Å²) < 4.78 is 34.8. The van der Waals surface area contributed by atoms with Crippen molar-refractivity contribution >= 4 is 19.7 Å². The molecule has 0 amide bonds. The van der Waals surface area contributed by atoms with Crippen LogP contribution >= 0.6 is 10.7 Å². The van der Waals surface area contributed by atoms with E-state index in [1.807, 2.05) is 6.07 Å². The van der Waals surface area contributed by atoms with E-state index >= 15 is 0 Å². The highest BCUT2D eigenvalue weighted by atomic mass is 35.7. The molecule has 0 bridgehead atoms. The van der Waals surface area contributed by atoms with Crippen LogP contribution in [0.1, 0.15) is 5.82 Å². The third-order valence-electron chi connectivity index (χ3n) is 2.60. The summed E-state index contributed by atoms with van der Waals surface area (Å²) in [6.07, 6.45) is 0. The second-order valence-electron chi connectivity index (χ2n) is 4.05. The molecule has 9 heteroatoms. The fraction of sp³-hybridized carbons (Fsp3) is 0.333. The van der Waals surface area contributed by atoms with Crippen molar-refractivity contribution in [2.75, 3.05) is 20.3 Å². The molecule has 0 radical (unpaired) electrons. The zero-order valence-electron chi connectivity index (χ0n) is 11.3. The van der Waals surface area contributed by atoms with Gasteiger partial charge in [0.05, 0.1) is 13.2 Å². The average Bonchev–Trinajstić information content (AvgIpc) is 2.88. The van der Waals surface area contributed by atoms with Crippen molar-refractivity contribution in [2.24, 2.45) is 0 Å². The van der Waals surface area contributed by atoms with Crippen LogP contribution in [-0.2, 0) is 25.1 Å². The first-order chi connectivity index (χ1) is 10.0. The summed E-state index contributed by atoms with van der Waals surface area (Å²) in [5, 5.41) is 7.15. The predicted molar refractivity (Wildman–Crippen MR) is 75.9 cm³/mol. The molecule has 0 aliphatic rings. The van der Waals surface area contributed by atoms with Gasteiger partial charge in [-0.1, -0.05) is 18.2 Å². The van der Waals surface area contributed by atoms with Crippen molar-refractivity contribution in [1.82, 2.24) is 14.8 Å². The summed E-state index contributed by atoms with van der Waals surface area (Å²) in [7, 11) is 2.95. The van der Waals surface area contributed by atoms with Crippen molar-refractivity contribution in [3.63, 3.8) is 0 Å². The first-order valence-electron chi connectivity index (χ1n) is 6.05. The van der Waals surface area contributed by atoms with Crippen LogP contribution in [0.4, 0.5) is 0 Å². The van der Waals surface area contributed by atoms with E-state index in [1.54, 1.807) is 31.4 Å². The topological polar surface area (TPSA) is 83.3 Å². The number of para-hydroxylation sites is 1. The van der Waals surface area contributed by atoms with Gasteiger partial charge in [-0.2, -0.15) is 0 Å². The summed E-state index contributed by atoms with van der Waals surface area (Å²) >= 11 is 0. The first-order valence-corrected chi connectivity index (χ1v) is 8.36. The molecule has 0 unspecified atom stereocenters. The molecule has 0 fully saturated rings. The molecule has 0 aliphatic heterocycles. The number of rotatable bonds is 7. The van der Waals surface area contributed by atoms with Crippen molar-refractivity contribution in [2.45, 2.75) is 11.8 Å². The van der Waals surface area contributed by atoms with Gasteiger partial charge in [0, 0.05) is 23.5 Å². The quantitative estimate of drug-likeness (QED) is 0.562. The minimum Gasteiger partial charge on any atom is -0.382 e. The van der Waals surface area contributed by atoms with Crippen LogP contribution in [0.5, 0.6) is 0 Å². The molecule has 114 valence electrons. The zero-order valence-corrected chi connectivity index (χ0v) is 12.8. The van der Waals surface area contributed by atoms with Crippen LogP contribution < -0.4 is 0 Å². The lowest BCUT2D eigenvalue weighted by Gasteiger charge is -2.09. The van der Waals surface area contributed by atoms with E-state index in [-0.39, 0.29) is 11.8 Å². The van der Waals surface area contributed by atoms with Gasteiger partial charge in [-0.3, -0.25) is 4.57 Å². The zero-order chi connectivity index (χ0) is 15.3. The number of hydrogen-bond donors (Lipinski definition) is 0. The Morgan fingerprint density at radius 2 is 1.90 bits per heavy atom. The van der Waals surface area contributed by atoms with E-state index in [0.717, 1.165) is 0 Å². The summed E-state index contributed by atoms with van der Waals surface area (Å²) in [6.45, 7) is 0.888. The predicted octanol–water partition coefficient (Wildman–Crippen LogP) is 1.36. The monoisotopic (exact) mass is 331 g/mol. The van der Waals surface area contributed by atoms with Gasteiger partial charge < -0.3 is 9.47 Å². The first kappa shape index (κ1) is 15.9. The summed E-state index contributed by atoms with van der Waals surface area (Å²) in [4.78, 5) is 0. The number of benzene rings is 1. The molecule has 2 aromatic rings. The highest BCUT2D eigenvalue weighted by Gasteiger charge is 2.23. The van der Waals surface area contributed by atoms with Gasteiger partial charge in [-0.15, -0.1) is 10.2 Å². The number of halogens is 1. The van der Waals surface area contributed by atoms with Crippen LogP contribution in [0.3, 0.4) is 0 Å². The van der Waals surface area contributed by atoms with Crippen molar-refractivity contribution in [1.29, 1.82) is 0 Å². The lowest BCUT2D eigenvalue weighted by Crippen LogP contribution is -2.10. The van der Waals surface area contributed by atoms with Crippen LogP contribution in [-0.4, -0.2) is 43.5 Å². The summed E-state index contributed by atoms with van der Waals surface area (Å²) in [5.74, 6) is 0.344. The molecule has 7 nitrogen and oxygen atoms in total. The highest BCUT2D eigenvalue weighted by Crippen LogP contribution is 2.20. The van der Waals surface area contributed by atoms with Crippen molar-refractivity contribution < 1.29 is 17.9 Å². The fourth-order valence-electron chi connectivity index (χ4n) is 1.69. The maximum atomic E-state index is 11.6. The lowest BCUT2D eigenvalue weighted by atomic mass is 10.3. The molecule has 1 aromatic carbocycles. The molecule has 21 heavy (non-hydrogen) atoms. The second-order valence-corrected chi connectivity index (χ2v) is 6.51. The summed E-state index contributed by atoms with van der Waals surface area (Å²) in [5.41, 5.74) is 0.590. The van der Waals surface area contributed by atoms with Crippen molar-refractivity contribution in [3.05, 3.63) is 36.2 Å². The largest absolute Gasteiger partial charge is 0.382 e. The minimum atomic E-state index is -4.01. The molecule has 0 aliphatic carbocycles. The van der Waals surface area contributed by atoms with Crippen molar-refractivity contribution in [3.8, 4) is 5.69 Å². The van der Waals surface area contributed by atoms with Crippen LogP contribution in [0.25, 0.3) is 5.69 Å². The highest BCUT2D eigenvalue weighted by molar-refractivity contribution is 8.13. The fourth-order valence-corrected chi connectivity index (χ4v) is 2.56. The smallest absolute Gasteiger partial charge is 0.297 e. The van der Waals surface area contributed by atoms with Crippen LogP contribution in [0, 0.1) is 0 Å². The molecule has 0 saturated carbocycles. The van der Waals surface area contributed by atoms with Gasteiger partial charge in [0.15, 0.2) is 5.82 Å². The maximum Gasteiger partial charge on any atom is 0.297 e. The Morgan fingerprint density at radius 3 is 2.52 bits per heavy atom. The van der Waals surface area contributed by atoms with E-state index < -0.39 is 9.05 Å². The molecule has 1 aromatic heterocycles.